The van der Waals surface area contributed by atoms with E-state index in [1.165, 1.54) is 12.1 Å². The van der Waals surface area contributed by atoms with E-state index in [-0.39, 0.29) is 10.5 Å². The van der Waals surface area contributed by atoms with Crippen LogP contribution in [0.1, 0.15) is 26.3 Å². The molecule has 2 aromatic rings. The molecule has 6 nitrogen and oxygen atoms in total. The molecule has 0 unspecified atom stereocenters. The van der Waals surface area contributed by atoms with Crippen molar-refractivity contribution in [3.63, 3.8) is 0 Å². The normalized spacial score (nSPS) is 11.0. The van der Waals surface area contributed by atoms with Crippen LogP contribution in [0.2, 0.25) is 0 Å². The predicted molar refractivity (Wildman–Crippen MR) is 93.4 cm³/mol. The Morgan fingerprint density at radius 2 is 1.54 bits per heavy atom. The number of benzene rings is 2. The number of aryl methyl sites for hydroxylation is 1. The summed E-state index contributed by atoms with van der Waals surface area (Å²) in [6, 6.07) is 11.0. The zero-order valence-electron chi connectivity index (χ0n) is 13.0. The molecule has 24 heavy (non-hydrogen) atoms. The average Bonchev–Trinajstić information content (AvgIpc) is 2.52. The molecule has 0 heterocycles. The molecule has 2 aromatic carbocycles. The van der Waals surface area contributed by atoms with Gasteiger partial charge >= 0.3 is 0 Å². The van der Waals surface area contributed by atoms with Crippen molar-refractivity contribution in [1.29, 1.82) is 0 Å². The van der Waals surface area contributed by atoms with Gasteiger partial charge < -0.3 is 0 Å². The van der Waals surface area contributed by atoms with Crippen LogP contribution in [0.15, 0.2) is 51.8 Å². The lowest BCUT2D eigenvalue weighted by Crippen LogP contribution is -2.42. The molecule has 0 fully saturated rings. The third-order valence-corrected chi connectivity index (χ3v) is 5.09. The molecule has 0 aliphatic heterocycles. The van der Waals surface area contributed by atoms with Gasteiger partial charge in [0.25, 0.3) is 11.8 Å². The molecule has 0 spiro atoms. The summed E-state index contributed by atoms with van der Waals surface area (Å²) in [6.45, 7) is 1.68. The summed E-state index contributed by atoms with van der Waals surface area (Å²) in [7, 11) is -3.43. The maximum Gasteiger partial charge on any atom is 0.270 e. The van der Waals surface area contributed by atoms with Gasteiger partial charge in [0.15, 0.2) is 9.84 Å². The zero-order chi connectivity index (χ0) is 17.9. The van der Waals surface area contributed by atoms with Crippen molar-refractivity contribution in [2.24, 2.45) is 0 Å². The van der Waals surface area contributed by atoms with Gasteiger partial charge in [-0.25, -0.2) is 8.42 Å². The fraction of sp³-hybridized carbons (Fsp3) is 0.125. The van der Waals surface area contributed by atoms with Crippen molar-refractivity contribution in [2.45, 2.75) is 11.8 Å². The second-order valence-corrected chi connectivity index (χ2v) is 8.01. The Morgan fingerprint density at radius 1 is 0.958 bits per heavy atom. The average molecular weight is 411 g/mol. The summed E-state index contributed by atoms with van der Waals surface area (Å²) in [5.74, 6) is -1.09. The van der Waals surface area contributed by atoms with Crippen LogP contribution in [0.4, 0.5) is 0 Å². The summed E-state index contributed by atoms with van der Waals surface area (Å²) >= 11 is 3.25. The molecule has 0 saturated carbocycles. The standard InChI is InChI=1S/C16H15BrN2O4S/c1-10-7-8-11(24(2,22)23)9-13(10)16(21)19-18-15(20)12-5-3-4-6-14(12)17/h3-9H,1-2H3,(H,18,20)(H,19,21). The Kier molecular flexibility index (Phi) is 5.40. The largest absolute Gasteiger partial charge is 0.270 e. The third-order valence-electron chi connectivity index (χ3n) is 3.29. The first-order valence-corrected chi connectivity index (χ1v) is 9.54. The lowest BCUT2D eigenvalue weighted by molar-refractivity contribution is 0.0845. The summed E-state index contributed by atoms with van der Waals surface area (Å²) in [5.41, 5.74) is 5.72. The minimum Gasteiger partial charge on any atom is -0.267 e. The van der Waals surface area contributed by atoms with Crippen molar-refractivity contribution >= 4 is 37.6 Å². The number of halogens is 1. The number of hydrogen-bond donors (Lipinski definition) is 2. The molecule has 2 amide bonds. The highest BCUT2D eigenvalue weighted by Gasteiger charge is 2.16. The van der Waals surface area contributed by atoms with Crippen LogP contribution in [0.25, 0.3) is 0 Å². The first kappa shape index (κ1) is 18.2. The Hall–Kier alpha value is -2.19. The van der Waals surface area contributed by atoms with E-state index in [1.807, 2.05) is 0 Å². The van der Waals surface area contributed by atoms with E-state index in [4.69, 9.17) is 0 Å². The Bertz CT molecular complexity index is 910. The van der Waals surface area contributed by atoms with Gasteiger partial charge in [-0.05, 0) is 52.7 Å². The molecule has 2 N–H and O–H groups in total. The SMILES string of the molecule is Cc1ccc(S(C)(=O)=O)cc1C(=O)NNC(=O)c1ccccc1Br. The summed E-state index contributed by atoms with van der Waals surface area (Å²) in [5, 5.41) is 0. The van der Waals surface area contributed by atoms with Gasteiger partial charge in [0.05, 0.1) is 10.5 Å². The van der Waals surface area contributed by atoms with E-state index >= 15 is 0 Å². The summed E-state index contributed by atoms with van der Waals surface area (Å²) < 4.78 is 23.8. The molecular weight excluding hydrogens is 396 g/mol. The lowest BCUT2D eigenvalue weighted by atomic mass is 10.1. The van der Waals surface area contributed by atoms with E-state index in [0.29, 0.717) is 15.6 Å². The number of carbonyl (C=O) groups is 2. The second kappa shape index (κ2) is 7.14. The van der Waals surface area contributed by atoms with Gasteiger partial charge in [0, 0.05) is 16.3 Å². The minimum absolute atomic E-state index is 0.0374. The first-order valence-electron chi connectivity index (χ1n) is 6.86. The Labute approximate surface area is 148 Å². The van der Waals surface area contributed by atoms with Gasteiger partial charge in [-0.3, -0.25) is 20.4 Å². The van der Waals surface area contributed by atoms with Crippen molar-refractivity contribution in [1.82, 2.24) is 10.9 Å². The highest BCUT2D eigenvalue weighted by molar-refractivity contribution is 9.10. The quantitative estimate of drug-likeness (QED) is 0.758. The van der Waals surface area contributed by atoms with Gasteiger partial charge in [0.2, 0.25) is 0 Å². The molecule has 0 aromatic heterocycles. The summed E-state index contributed by atoms with van der Waals surface area (Å²) in [6.07, 6.45) is 1.06. The third kappa shape index (κ3) is 4.21. The zero-order valence-corrected chi connectivity index (χ0v) is 15.4. The number of hydrogen-bond acceptors (Lipinski definition) is 4. The molecule has 0 radical (unpaired) electrons. The molecule has 2 rings (SSSR count). The van der Waals surface area contributed by atoms with Gasteiger partial charge in [-0.2, -0.15) is 0 Å². The maximum atomic E-state index is 12.2. The van der Waals surface area contributed by atoms with Gasteiger partial charge in [0.1, 0.15) is 0 Å². The summed E-state index contributed by atoms with van der Waals surface area (Å²) in [4.78, 5) is 24.3. The van der Waals surface area contributed by atoms with Crippen LogP contribution in [0.3, 0.4) is 0 Å². The van der Waals surface area contributed by atoms with Crippen LogP contribution in [-0.4, -0.2) is 26.5 Å². The van der Waals surface area contributed by atoms with Crippen LogP contribution >= 0.6 is 15.9 Å². The van der Waals surface area contributed by atoms with Crippen LogP contribution in [-0.2, 0) is 9.84 Å². The van der Waals surface area contributed by atoms with Crippen LogP contribution in [0.5, 0.6) is 0 Å². The Morgan fingerprint density at radius 3 is 2.12 bits per heavy atom. The van der Waals surface area contributed by atoms with Crippen LogP contribution in [0, 0.1) is 6.92 Å². The molecule has 8 heteroatoms. The smallest absolute Gasteiger partial charge is 0.267 e. The monoisotopic (exact) mass is 410 g/mol. The fourth-order valence-electron chi connectivity index (χ4n) is 1.97. The first-order chi connectivity index (χ1) is 11.2. The van der Waals surface area contributed by atoms with E-state index in [1.54, 1.807) is 37.3 Å². The molecular formula is C16H15BrN2O4S. The van der Waals surface area contributed by atoms with E-state index < -0.39 is 21.7 Å². The molecule has 0 aliphatic rings. The van der Waals surface area contributed by atoms with E-state index in [2.05, 4.69) is 26.8 Å². The van der Waals surface area contributed by atoms with Crippen molar-refractivity contribution in [3.8, 4) is 0 Å². The highest BCUT2D eigenvalue weighted by atomic mass is 79.9. The molecule has 0 bridgehead atoms. The number of rotatable bonds is 3. The van der Waals surface area contributed by atoms with Crippen molar-refractivity contribution in [2.75, 3.05) is 6.26 Å². The van der Waals surface area contributed by atoms with Gasteiger partial charge in [-0.1, -0.05) is 18.2 Å². The lowest BCUT2D eigenvalue weighted by Gasteiger charge is -2.11. The van der Waals surface area contributed by atoms with Crippen molar-refractivity contribution in [3.05, 3.63) is 63.6 Å². The fourth-order valence-corrected chi connectivity index (χ4v) is 3.08. The van der Waals surface area contributed by atoms with Crippen molar-refractivity contribution < 1.29 is 18.0 Å². The predicted octanol–water partition coefficient (Wildman–Crippen LogP) is 2.24. The Balaban J connectivity index is 2.16. The second-order valence-electron chi connectivity index (χ2n) is 5.14. The van der Waals surface area contributed by atoms with E-state index in [9.17, 15) is 18.0 Å². The number of hydrazine groups is 1. The molecule has 0 atom stereocenters. The van der Waals surface area contributed by atoms with Crippen LogP contribution < -0.4 is 10.9 Å². The molecule has 0 saturated heterocycles. The molecule has 0 aliphatic carbocycles. The number of amides is 2. The highest BCUT2D eigenvalue weighted by Crippen LogP contribution is 2.16. The van der Waals surface area contributed by atoms with E-state index in [0.717, 1.165) is 6.26 Å². The number of nitrogens with one attached hydrogen (secondary N) is 2. The minimum atomic E-state index is -3.43. The van der Waals surface area contributed by atoms with Gasteiger partial charge in [-0.15, -0.1) is 0 Å². The number of sulfone groups is 1. The maximum absolute atomic E-state index is 12.2. The molecule has 126 valence electrons. The topological polar surface area (TPSA) is 92.3 Å². The number of carbonyl (C=O) groups excluding carboxylic acids is 2.